The Kier molecular flexibility index (Phi) is 4.86. The summed E-state index contributed by atoms with van der Waals surface area (Å²) in [6.07, 6.45) is 5.44. The molecule has 0 fully saturated rings. The lowest BCUT2D eigenvalue weighted by molar-refractivity contribution is -0.384. The molecule has 0 saturated carbocycles. The zero-order valence-electron chi connectivity index (χ0n) is 12.4. The molecule has 0 unspecified atom stereocenters. The van der Waals surface area contributed by atoms with Gasteiger partial charge in [-0.25, -0.2) is 4.99 Å². The van der Waals surface area contributed by atoms with E-state index in [1.807, 2.05) is 0 Å². The molecule has 0 amide bonds. The molecule has 122 valence electrons. The predicted octanol–water partition coefficient (Wildman–Crippen LogP) is 5.46. The van der Waals surface area contributed by atoms with E-state index < -0.39 is 4.92 Å². The van der Waals surface area contributed by atoms with E-state index >= 15 is 0 Å². The lowest BCUT2D eigenvalue weighted by Crippen LogP contribution is -1.99. The van der Waals surface area contributed by atoms with Crippen LogP contribution in [0.3, 0.4) is 0 Å². The van der Waals surface area contributed by atoms with Crippen LogP contribution in [-0.4, -0.2) is 11.1 Å². The van der Waals surface area contributed by atoms with Crippen molar-refractivity contribution in [3.63, 3.8) is 0 Å². The van der Waals surface area contributed by atoms with Gasteiger partial charge in [0.25, 0.3) is 5.69 Å². The second kappa shape index (κ2) is 6.89. The van der Waals surface area contributed by atoms with Gasteiger partial charge in [0.05, 0.1) is 15.5 Å². The fourth-order valence-corrected chi connectivity index (χ4v) is 4.42. The van der Waals surface area contributed by atoms with Gasteiger partial charge in [-0.1, -0.05) is 23.2 Å². The number of aliphatic imine (C=N–C) groups is 1. The van der Waals surface area contributed by atoms with Crippen molar-refractivity contribution in [2.24, 2.45) is 4.99 Å². The molecule has 1 aliphatic rings. The highest BCUT2D eigenvalue weighted by molar-refractivity contribution is 7.16. The molecule has 1 heterocycles. The van der Waals surface area contributed by atoms with Crippen LogP contribution >= 0.6 is 34.5 Å². The first-order valence-corrected chi connectivity index (χ1v) is 8.81. The normalized spacial score (nSPS) is 13.7. The van der Waals surface area contributed by atoms with Gasteiger partial charge in [-0.2, -0.15) is 5.26 Å². The number of thiophene rings is 1. The van der Waals surface area contributed by atoms with E-state index in [9.17, 15) is 15.4 Å². The Morgan fingerprint density at radius 2 is 2.08 bits per heavy atom. The number of nitro benzene ring substituents is 1. The van der Waals surface area contributed by atoms with E-state index in [0.717, 1.165) is 31.2 Å². The van der Waals surface area contributed by atoms with Gasteiger partial charge in [-0.3, -0.25) is 10.1 Å². The van der Waals surface area contributed by atoms with Crippen molar-refractivity contribution < 1.29 is 4.92 Å². The third-order valence-corrected chi connectivity index (χ3v) is 5.80. The molecular formula is C16H11Cl2N3O2S. The Labute approximate surface area is 152 Å². The topological polar surface area (TPSA) is 79.3 Å². The van der Waals surface area contributed by atoms with E-state index in [-0.39, 0.29) is 21.3 Å². The zero-order chi connectivity index (χ0) is 17.3. The van der Waals surface area contributed by atoms with E-state index in [2.05, 4.69) is 11.1 Å². The molecule has 0 saturated heterocycles. The van der Waals surface area contributed by atoms with Crippen molar-refractivity contribution in [3.05, 3.63) is 53.9 Å². The van der Waals surface area contributed by atoms with Crippen LogP contribution in [0.1, 0.15) is 34.4 Å². The van der Waals surface area contributed by atoms with Crippen LogP contribution in [0.15, 0.2) is 17.1 Å². The minimum absolute atomic E-state index is 0.0592. The van der Waals surface area contributed by atoms with Gasteiger partial charge < -0.3 is 0 Å². The number of nitro groups is 1. The quantitative estimate of drug-likeness (QED) is 0.403. The summed E-state index contributed by atoms with van der Waals surface area (Å²) in [6, 6.07) is 4.89. The molecular weight excluding hydrogens is 369 g/mol. The summed E-state index contributed by atoms with van der Waals surface area (Å²) >= 11 is 13.6. The van der Waals surface area contributed by atoms with Gasteiger partial charge in [0, 0.05) is 22.7 Å². The molecule has 0 spiro atoms. The first-order valence-electron chi connectivity index (χ1n) is 7.24. The summed E-state index contributed by atoms with van der Waals surface area (Å²) in [5.74, 6) is 0. The molecule has 3 rings (SSSR count). The summed E-state index contributed by atoms with van der Waals surface area (Å²) in [4.78, 5) is 16.0. The van der Waals surface area contributed by atoms with Gasteiger partial charge in [0.2, 0.25) is 0 Å². The first-order chi connectivity index (χ1) is 11.5. The highest BCUT2D eigenvalue weighted by Crippen LogP contribution is 2.40. The lowest BCUT2D eigenvalue weighted by Gasteiger charge is -2.09. The van der Waals surface area contributed by atoms with Crippen molar-refractivity contribution >= 4 is 51.4 Å². The van der Waals surface area contributed by atoms with E-state index in [1.54, 1.807) is 0 Å². The van der Waals surface area contributed by atoms with Crippen LogP contribution in [-0.2, 0) is 12.8 Å². The Morgan fingerprint density at radius 3 is 2.79 bits per heavy atom. The molecule has 1 aromatic carbocycles. The molecule has 0 atom stereocenters. The SMILES string of the molecule is N#Cc1c(/N=C/c2c(Cl)ccc([N+](=O)[O-])c2Cl)sc2c1CCCC2. The van der Waals surface area contributed by atoms with E-state index in [0.29, 0.717) is 10.6 Å². The maximum atomic E-state index is 11.0. The molecule has 2 aromatic rings. The fraction of sp³-hybridized carbons (Fsp3) is 0.250. The largest absolute Gasteiger partial charge is 0.288 e. The number of aryl methyl sites for hydroxylation is 1. The summed E-state index contributed by atoms with van der Waals surface area (Å²) < 4.78 is 0. The Bertz CT molecular complexity index is 900. The van der Waals surface area contributed by atoms with Crippen molar-refractivity contribution in [3.8, 4) is 6.07 Å². The number of rotatable bonds is 3. The van der Waals surface area contributed by atoms with E-state index in [1.165, 1.54) is 34.6 Å². The van der Waals surface area contributed by atoms with Crippen molar-refractivity contribution in [2.45, 2.75) is 25.7 Å². The number of halogens is 2. The lowest BCUT2D eigenvalue weighted by atomic mass is 9.96. The van der Waals surface area contributed by atoms with Crippen LogP contribution in [0, 0.1) is 21.4 Å². The molecule has 1 aliphatic carbocycles. The average Bonchev–Trinajstić information content (AvgIpc) is 2.91. The third-order valence-electron chi connectivity index (χ3n) is 3.88. The molecule has 0 radical (unpaired) electrons. The summed E-state index contributed by atoms with van der Waals surface area (Å²) in [7, 11) is 0. The minimum Gasteiger partial charge on any atom is -0.258 e. The molecule has 0 bridgehead atoms. The Morgan fingerprint density at radius 1 is 1.33 bits per heavy atom. The summed E-state index contributed by atoms with van der Waals surface area (Å²) in [6.45, 7) is 0. The molecule has 0 N–H and O–H groups in total. The Hall–Kier alpha value is -1.94. The van der Waals surface area contributed by atoms with Crippen LogP contribution in [0.2, 0.25) is 10.0 Å². The minimum atomic E-state index is -0.569. The van der Waals surface area contributed by atoms with Crippen LogP contribution in [0.5, 0.6) is 0 Å². The van der Waals surface area contributed by atoms with E-state index in [4.69, 9.17) is 23.2 Å². The third kappa shape index (κ3) is 3.03. The monoisotopic (exact) mass is 379 g/mol. The smallest absolute Gasteiger partial charge is 0.258 e. The van der Waals surface area contributed by atoms with Gasteiger partial charge in [0.15, 0.2) is 0 Å². The molecule has 24 heavy (non-hydrogen) atoms. The van der Waals surface area contributed by atoms with Crippen molar-refractivity contribution in [2.75, 3.05) is 0 Å². The predicted molar refractivity (Wildman–Crippen MR) is 96.0 cm³/mol. The number of hydrogen-bond acceptors (Lipinski definition) is 5. The highest BCUT2D eigenvalue weighted by atomic mass is 35.5. The summed E-state index contributed by atoms with van der Waals surface area (Å²) in [5, 5.41) is 21.2. The Balaban J connectivity index is 2.04. The van der Waals surface area contributed by atoms with Crippen molar-refractivity contribution in [1.82, 2.24) is 0 Å². The standard InChI is InChI=1S/C16H11Cl2N3O2S/c17-12-5-6-13(21(22)23)15(18)11(12)8-20-16-10(7-19)9-3-1-2-4-14(9)24-16/h5-6,8H,1-4H2/b20-8+. The van der Waals surface area contributed by atoms with Crippen LogP contribution in [0.25, 0.3) is 0 Å². The zero-order valence-corrected chi connectivity index (χ0v) is 14.7. The molecule has 1 aromatic heterocycles. The maximum absolute atomic E-state index is 11.0. The fourth-order valence-electron chi connectivity index (χ4n) is 2.70. The van der Waals surface area contributed by atoms with Crippen LogP contribution < -0.4 is 0 Å². The van der Waals surface area contributed by atoms with Gasteiger partial charge >= 0.3 is 0 Å². The number of fused-ring (bicyclic) bond motifs is 1. The van der Waals surface area contributed by atoms with Gasteiger partial charge in [0.1, 0.15) is 16.1 Å². The number of nitrogens with zero attached hydrogens (tertiary/aromatic N) is 3. The van der Waals surface area contributed by atoms with Crippen molar-refractivity contribution in [1.29, 1.82) is 5.26 Å². The van der Waals surface area contributed by atoms with Gasteiger partial charge in [-0.05, 0) is 37.3 Å². The second-order valence-corrected chi connectivity index (χ2v) is 7.18. The number of benzene rings is 1. The second-order valence-electron chi connectivity index (χ2n) is 5.31. The number of hydrogen-bond donors (Lipinski definition) is 0. The first kappa shape index (κ1) is 16.9. The molecule has 8 heteroatoms. The molecule has 0 aliphatic heterocycles. The average molecular weight is 380 g/mol. The summed E-state index contributed by atoms with van der Waals surface area (Å²) in [5.41, 5.74) is 1.72. The number of nitriles is 1. The van der Waals surface area contributed by atoms with Gasteiger partial charge in [-0.15, -0.1) is 11.3 Å². The highest BCUT2D eigenvalue weighted by Gasteiger charge is 2.21. The molecule has 5 nitrogen and oxygen atoms in total. The van der Waals surface area contributed by atoms with Crippen LogP contribution in [0.4, 0.5) is 10.7 Å². The maximum Gasteiger partial charge on any atom is 0.288 e.